The summed E-state index contributed by atoms with van der Waals surface area (Å²) in [6.07, 6.45) is 5.35. The maximum atomic E-state index is 5.81. The zero-order valence-electron chi connectivity index (χ0n) is 8.32. The molecule has 0 atom stereocenters. The number of hydrogen-bond donors (Lipinski definition) is 0. The highest BCUT2D eigenvalue weighted by molar-refractivity contribution is 8.14. The van der Waals surface area contributed by atoms with E-state index in [1.807, 2.05) is 36.0 Å². The minimum absolute atomic E-state index is 0.775. The van der Waals surface area contributed by atoms with Gasteiger partial charge < -0.3 is 0 Å². The van der Waals surface area contributed by atoms with Crippen LogP contribution in [0, 0.1) is 0 Å². The summed E-state index contributed by atoms with van der Waals surface area (Å²) in [5.74, 6) is 1.18. The Bertz CT molecular complexity index is 381. The minimum atomic E-state index is 0.775. The minimum Gasteiger partial charge on any atom is -0.278 e. The first-order valence-corrected chi connectivity index (χ1v) is 6.32. The molecule has 0 unspecified atom stereocenters. The molecule has 1 aromatic rings. The van der Waals surface area contributed by atoms with E-state index in [0.717, 1.165) is 22.2 Å². The molecule has 0 aromatic heterocycles. The van der Waals surface area contributed by atoms with Crippen LogP contribution < -0.4 is 0 Å². The van der Waals surface area contributed by atoms with Gasteiger partial charge in [-0.1, -0.05) is 29.8 Å². The van der Waals surface area contributed by atoms with Crippen molar-refractivity contribution >= 4 is 34.5 Å². The van der Waals surface area contributed by atoms with Crippen molar-refractivity contribution in [2.75, 3.05) is 12.3 Å². The van der Waals surface area contributed by atoms with Gasteiger partial charge in [0, 0.05) is 17.3 Å². The molecule has 0 N–H and O–H groups in total. The lowest BCUT2D eigenvalue weighted by Crippen LogP contribution is -2.00. The summed E-state index contributed by atoms with van der Waals surface area (Å²) in [5.41, 5.74) is 1.16. The lowest BCUT2D eigenvalue weighted by atomic mass is 10.2. The lowest BCUT2D eigenvalue weighted by molar-refractivity contribution is 0.940. The van der Waals surface area contributed by atoms with Crippen molar-refractivity contribution in [3.63, 3.8) is 0 Å². The highest BCUT2D eigenvalue weighted by atomic mass is 35.5. The SMILES string of the molecule is Clc1ccc(C=CC2=NCCCS2)cc1. The molecule has 78 valence electrons. The van der Waals surface area contributed by atoms with Crippen LogP contribution in [0.15, 0.2) is 35.3 Å². The van der Waals surface area contributed by atoms with Gasteiger partial charge in [-0.25, -0.2) is 0 Å². The van der Waals surface area contributed by atoms with Crippen LogP contribution in [0.4, 0.5) is 0 Å². The fourth-order valence-corrected chi connectivity index (χ4v) is 2.27. The first kappa shape index (κ1) is 10.8. The van der Waals surface area contributed by atoms with Crippen LogP contribution in [0.5, 0.6) is 0 Å². The third-order valence-corrected chi connectivity index (χ3v) is 3.41. The second-order valence-electron chi connectivity index (χ2n) is 3.31. The van der Waals surface area contributed by atoms with Gasteiger partial charge in [0.1, 0.15) is 0 Å². The van der Waals surface area contributed by atoms with Crippen LogP contribution in [-0.4, -0.2) is 17.3 Å². The first-order valence-electron chi connectivity index (χ1n) is 4.95. The van der Waals surface area contributed by atoms with Crippen LogP contribution in [0.1, 0.15) is 12.0 Å². The molecule has 0 spiro atoms. The Kier molecular flexibility index (Phi) is 3.87. The molecule has 2 rings (SSSR count). The molecule has 0 saturated carbocycles. The van der Waals surface area contributed by atoms with E-state index in [2.05, 4.69) is 17.1 Å². The molecule has 1 aliphatic heterocycles. The van der Waals surface area contributed by atoms with E-state index in [-0.39, 0.29) is 0 Å². The van der Waals surface area contributed by atoms with Crippen molar-refractivity contribution in [1.29, 1.82) is 0 Å². The number of halogens is 1. The summed E-state index contributed by atoms with van der Waals surface area (Å²) >= 11 is 7.63. The summed E-state index contributed by atoms with van der Waals surface area (Å²) in [6, 6.07) is 7.81. The molecule has 1 aromatic carbocycles. The van der Waals surface area contributed by atoms with Crippen LogP contribution in [0.25, 0.3) is 6.08 Å². The van der Waals surface area contributed by atoms with E-state index in [1.165, 1.54) is 12.2 Å². The van der Waals surface area contributed by atoms with E-state index < -0.39 is 0 Å². The van der Waals surface area contributed by atoms with Crippen molar-refractivity contribution in [2.24, 2.45) is 4.99 Å². The van der Waals surface area contributed by atoms with E-state index in [4.69, 9.17) is 11.6 Å². The molecule has 0 saturated heterocycles. The van der Waals surface area contributed by atoms with Gasteiger partial charge in [-0.2, -0.15) is 0 Å². The second-order valence-corrected chi connectivity index (χ2v) is 4.86. The Morgan fingerprint density at radius 1 is 1.20 bits per heavy atom. The predicted octanol–water partition coefficient (Wildman–Crippen LogP) is 3.89. The molecular weight excluding hydrogens is 226 g/mol. The van der Waals surface area contributed by atoms with Gasteiger partial charge in [0.05, 0.1) is 5.04 Å². The quantitative estimate of drug-likeness (QED) is 0.760. The normalized spacial score (nSPS) is 16.7. The summed E-state index contributed by atoms with van der Waals surface area (Å²) in [5, 5.41) is 1.91. The number of thioether (sulfide) groups is 1. The molecule has 0 fully saturated rings. The van der Waals surface area contributed by atoms with E-state index in [9.17, 15) is 0 Å². The molecule has 1 heterocycles. The van der Waals surface area contributed by atoms with Gasteiger partial charge in [-0.05, 0) is 30.2 Å². The highest BCUT2D eigenvalue weighted by Crippen LogP contribution is 2.15. The smallest absolute Gasteiger partial charge is 0.0904 e. The van der Waals surface area contributed by atoms with Gasteiger partial charge in [0.25, 0.3) is 0 Å². The van der Waals surface area contributed by atoms with Crippen LogP contribution in [-0.2, 0) is 0 Å². The zero-order valence-corrected chi connectivity index (χ0v) is 9.89. The fourth-order valence-electron chi connectivity index (χ4n) is 1.32. The maximum absolute atomic E-state index is 5.81. The Balaban J connectivity index is 2.04. The van der Waals surface area contributed by atoms with Crippen LogP contribution in [0.2, 0.25) is 5.02 Å². The third-order valence-electron chi connectivity index (χ3n) is 2.11. The number of hydrogen-bond acceptors (Lipinski definition) is 2. The van der Waals surface area contributed by atoms with Crippen molar-refractivity contribution in [3.05, 3.63) is 40.9 Å². The summed E-state index contributed by atoms with van der Waals surface area (Å²) in [6.45, 7) is 0.966. The van der Waals surface area contributed by atoms with Gasteiger partial charge in [0.2, 0.25) is 0 Å². The average molecular weight is 238 g/mol. The maximum Gasteiger partial charge on any atom is 0.0904 e. The Morgan fingerprint density at radius 2 is 2.00 bits per heavy atom. The second kappa shape index (κ2) is 5.38. The van der Waals surface area contributed by atoms with E-state index >= 15 is 0 Å². The molecule has 0 amide bonds. The van der Waals surface area contributed by atoms with Crippen molar-refractivity contribution in [1.82, 2.24) is 0 Å². The fraction of sp³-hybridized carbons (Fsp3) is 0.250. The monoisotopic (exact) mass is 237 g/mol. The molecule has 0 bridgehead atoms. The molecular formula is C12H12ClNS. The molecule has 1 nitrogen and oxygen atoms in total. The Hall–Kier alpha value is -0.730. The van der Waals surface area contributed by atoms with Crippen molar-refractivity contribution in [3.8, 4) is 0 Å². The highest BCUT2D eigenvalue weighted by Gasteiger charge is 2.01. The van der Waals surface area contributed by atoms with E-state index in [1.54, 1.807) is 0 Å². The molecule has 0 aliphatic carbocycles. The summed E-state index contributed by atoms with van der Waals surface area (Å²) < 4.78 is 0. The van der Waals surface area contributed by atoms with Gasteiger partial charge in [-0.15, -0.1) is 11.8 Å². The number of benzene rings is 1. The zero-order chi connectivity index (χ0) is 10.5. The van der Waals surface area contributed by atoms with Gasteiger partial charge in [0.15, 0.2) is 0 Å². The molecule has 15 heavy (non-hydrogen) atoms. The van der Waals surface area contributed by atoms with Crippen molar-refractivity contribution < 1.29 is 0 Å². The van der Waals surface area contributed by atoms with E-state index in [0.29, 0.717) is 0 Å². The lowest BCUT2D eigenvalue weighted by Gasteiger charge is -2.06. The largest absolute Gasteiger partial charge is 0.278 e. The first-order chi connectivity index (χ1) is 7.34. The topological polar surface area (TPSA) is 12.4 Å². The third kappa shape index (κ3) is 3.40. The molecule has 3 heteroatoms. The molecule has 1 aliphatic rings. The molecule has 0 radical (unpaired) electrons. The van der Waals surface area contributed by atoms with Gasteiger partial charge in [-0.3, -0.25) is 4.99 Å². The van der Waals surface area contributed by atoms with Crippen LogP contribution >= 0.6 is 23.4 Å². The number of aliphatic imine (C=N–C) groups is 1. The predicted molar refractivity (Wildman–Crippen MR) is 69.9 cm³/mol. The number of rotatable bonds is 2. The Labute approximate surface area is 99.2 Å². The number of nitrogens with zero attached hydrogens (tertiary/aromatic N) is 1. The summed E-state index contributed by atoms with van der Waals surface area (Å²) in [7, 11) is 0. The van der Waals surface area contributed by atoms with Crippen LogP contribution in [0.3, 0.4) is 0 Å². The summed E-state index contributed by atoms with van der Waals surface area (Å²) in [4.78, 5) is 4.43. The Morgan fingerprint density at radius 3 is 2.67 bits per heavy atom. The average Bonchev–Trinajstić information content (AvgIpc) is 2.30. The standard InChI is InChI=1S/C12H12ClNS/c13-11-5-2-10(3-6-11)4-7-12-14-8-1-9-15-12/h2-7H,1,8-9H2. The van der Waals surface area contributed by atoms with Gasteiger partial charge >= 0.3 is 0 Å². The van der Waals surface area contributed by atoms with Crippen molar-refractivity contribution in [2.45, 2.75) is 6.42 Å².